The van der Waals surface area contributed by atoms with Gasteiger partial charge in [-0.05, 0) is 24.1 Å². The van der Waals surface area contributed by atoms with Crippen LogP contribution in [0.2, 0.25) is 0 Å². The Morgan fingerprint density at radius 2 is 2.35 bits per heavy atom. The Balaban J connectivity index is 2.09. The fourth-order valence-electron chi connectivity index (χ4n) is 2.22. The second-order valence-electron chi connectivity index (χ2n) is 4.37. The number of aliphatic hydroxyl groups excluding tert-OH is 1. The third-order valence-corrected chi connectivity index (χ3v) is 3.48. The number of halogens is 1. The van der Waals surface area contributed by atoms with Crippen molar-refractivity contribution in [2.75, 3.05) is 6.54 Å². The van der Waals surface area contributed by atoms with Crippen molar-refractivity contribution in [3.8, 4) is 0 Å². The standard InChI is InChI=1S/C12H15BrN2O2/c13-9-3-1-2-8(4-9)6-15-7-10(16)5-11(15)12(14)17/h1-4,10-11,16H,5-7H2,(H2,14,17)/t10-,11+/m1/s1. The molecule has 0 unspecified atom stereocenters. The number of β-amino-alcohol motifs (C(OH)–C–C–N with tert-alkyl or cyclic N) is 1. The van der Waals surface area contributed by atoms with Gasteiger partial charge in [0.1, 0.15) is 0 Å². The van der Waals surface area contributed by atoms with Crippen LogP contribution in [0.3, 0.4) is 0 Å². The van der Waals surface area contributed by atoms with Gasteiger partial charge in [0.2, 0.25) is 5.91 Å². The first-order valence-electron chi connectivity index (χ1n) is 5.52. The van der Waals surface area contributed by atoms with Crippen LogP contribution in [0.5, 0.6) is 0 Å². The molecule has 1 aliphatic rings. The number of rotatable bonds is 3. The maximum Gasteiger partial charge on any atom is 0.234 e. The highest BCUT2D eigenvalue weighted by molar-refractivity contribution is 9.10. The lowest BCUT2D eigenvalue weighted by molar-refractivity contribution is -0.122. The van der Waals surface area contributed by atoms with E-state index in [4.69, 9.17) is 5.73 Å². The summed E-state index contributed by atoms with van der Waals surface area (Å²) in [6.45, 7) is 1.13. The summed E-state index contributed by atoms with van der Waals surface area (Å²) in [6.07, 6.45) is -0.0248. The number of aliphatic hydroxyl groups is 1. The molecule has 0 aromatic heterocycles. The zero-order valence-electron chi connectivity index (χ0n) is 9.34. The van der Waals surface area contributed by atoms with Gasteiger partial charge >= 0.3 is 0 Å². The van der Waals surface area contributed by atoms with Crippen molar-refractivity contribution < 1.29 is 9.90 Å². The number of hydrogen-bond donors (Lipinski definition) is 2. The highest BCUT2D eigenvalue weighted by Crippen LogP contribution is 2.21. The second-order valence-corrected chi connectivity index (χ2v) is 5.28. The molecule has 0 radical (unpaired) electrons. The minimum absolute atomic E-state index is 0.357. The van der Waals surface area contributed by atoms with Crippen LogP contribution in [-0.2, 0) is 11.3 Å². The zero-order valence-corrected chi connectivity index (χ0v) is 10.9. The van der Waals surface area contributed by atoms with E-state index in [0.29, 0.717) is 19.5 Å². The Labute approximate surface area is 109 Å². The van der Waals surface area contributed by atoms with E-state index in [0.717, 1.165) is 10.0 Å². The lowest BCUT2D eigenvalue weighted by atomic mass is 10.1. The van der Waals surface area contributed by atoms with Crippen molar-refractivity contribution in [1.29, 1.82) is 0 Å². The summed E-state index contributed by atoms with van der Waals surface area (Å²) in [5.41, 5.74) is 6.43. The fourth-order valence-corrected chi connectivity index (χ4v) is 2.67. The molecule has 5 heteroatoms. The first-order chi connectivity index (χ1) is 8.06. The van der Waals surface area contributed by atoms with Gasteiger partial charge in [-0.15, -0.1) is 0 Å². The maximum atomic E-state index is 11.3. The molecule has 0 aliphatic carbocycles. The van der Waals surface area contributed by atoms with E-state index in [1.54, 1.807) is 0 Å². The molecule has 2 rings (SSSR count). The summed E-state index contributed by atoms with van der Waals surface area (Å²) < 4.78 is 1.00. The predicted molar refractivity (Wildman–Crippen MR) is 68.2 cm³/mol. The van der Waals surface area contributed by atoms with E-state index in [1.807, 2.05) is 29.2 Å². The summed E-state index contributed by atoms with van der Waals surface area (Å²) in [5, 5.41) is 9.59. The number of hydrogen-bond acceptors (Lipinski definition) is 3. The Morgan fingerprint density at radius 3 is 3.00 bits per heavy atom. The van der Waals surface area contributed by atoms with Gasteiger partial charge in [-0.2, -0.15) is 0 Å². The molecule has 0 saturated carbocycles. The molecule has 1 saturated heterocycles. The molecule has 1 fully saturated rings. The molecule has 3 N–H and O–H groups in total. The van der Waals surface area contributed by atoms with Crippen LogP contribution in [0.15, 0.2) is 28.7 Å². The molecule has 92 valence electrons. The number of amides is 1. The normalized spacial score (nSPS) is 25.1. The average molecular weight is 299 g/mol. The van der Waals surface area contributed by atoms with Crippen LogP contribution in [0, 0.1) is 0 Å². The van der Waals surface area contributed by atoms with Crippen LogP contribution in [-0.4, -0.2) is 34.6 Å². The Kier molecular flexibility index (Phi) is 3.81. The topological polar surface area (TPSA) is 66.6 Å². The van der Waals surface area contributed by atoms with Crippen LogP contribution < -0.4 is 5.73 Å². The summed E-state index contributed by atoms with van der Waals surface area (Å²) >= 11 is 3.41. The molecule has 17 heavy (non-hydrogen) atoms. The quantitative estimate of drug-likeness (QED) is 0.870. The molecule has 0 bridgehead atoms. The van der Waals surface area contributed by atoms with E-state index < -0.39 is 6.10 Å². The molecule has 1 aliphatic heterocycles. The summed E-state index contributed by atoms with van der Waals surface area (Å²) in [6, 6.07) is 7.54. The van der Waals surface area contributed by atoms with E-state index in [-0.39, 0.29) is 11.9 Å². The minimum Gasteiger partial charge on any atom is -0.392 e. The fraction of sp³-hybridized carbons (Fsp3) is 0.417. The van der Waals surface area contributed by atoms with Gasteiger partial charge in [0.05, 0.1) is 12.1 Å². The van der Waals surface area contributed by atoms with Gasteiger partial charge in [-0.25, -0.2) is 0 Å². The smallest absolute Gasteiger partial charge is 0.234 e. The van der Waals surface area contributed by atoms with Crippen LogP contribution >= 0.6 is 15.9 Å². The lowest BCUT2D eigenvalue weighted by Gasteiger charge is -2.21. The van der Waals surface area contributed by atoms with E-state index >= 15 is 0 Å². The molecule has 2 atom stereocenters. The number of nitrogens with zero attached hydrogens (tertiary/aromatic N) is 1. The Morgan fingerprint density at radius 1 is 1.59 bits per heavy atom. The SMILES string of the molecule is NC(=O)[C@@H]1C[C@@H](O)CN1Cc1cccc(Br)c1. The number of primary amides is 1. The number of likely N-dealkylation sites (tertiary alicyclic amines) is 1. The molecule has 0 spiro atoms. The molecule has 1 aromatic rings. The molecule has 1 aromatic carbocycles. The van der Waals surface area contributed by atoms with E-state index in [2.05, 4.69) is 15.9 Å². The number of nitrogens with two attached hydrogens (primary N) is 1. The monoisotopic (exact) mass is 298 g/mol. The summed E-state index contributed by atoms with van der Waals surface area (Å²) in [4.78, 5) is 13.2. The van der Waals surface area contributed by atoms with Crippen molar-refractivity contribution in [2.24, 2.45) is 5.73 Å². The van der Waals surface area contributed by atoms with Crippen molar-refractivity contribution in [3.05, 3.63) is 34.3 Å². The molecular weight excluding hydrogens is 284 g/mol. The van der Waals surface area contributed by atoms with Crippen LogP contribution in [0.4, 0.5) is 0 Å². The molecule has 1 amide bonds. The highest BCUT2D eigenvalue weighted by atomic mass is 79.9. The van der Waals surface area contributed by atoms with Gasteiger partial charge in [0.15, 0.2) is 0 Å². The first kappa shape index (κ1) is 12.5. The molecule has 1 heterocycles. The minimum atomic E-state index is -0.459. The van der Waals surface area contributed by atoms with E-state index in [1.165, 1.54) is 0 Å². The van der Waals surface area contributed by atoms with Gasteiger partial charge in [-0.1, -0.05) is 28.1 Å². The summed E-state index contributed by atoms with van der Waals surface area (Å²) in [7, 11) is 0. The molecule has 4 nitrogen and oxygen atoms in total. The van der Waals surface area contributed by atoms with Crippen LogP contribution in [0.1, 0.15) is 12.0 Å². The lowest BCUT2D eigenvalue weighted by Crippen LogP contribution is -2.39. The van der Waals surface area contributed by atoms with Gasteiger partial charge in [0, 0.05) is 17.6 Å². The Hall–Kier alpha value is -0.910. The second kappa shape index (κ2) is 5.16. The largest absolute Gasteiger partial charge is 0.392 e. The van der Waals surface area contributed by atoms with E-state index in [9.17, 15) is 9.90 Å². The van der Waals surface area contributed by atoms with Crippen molar-refractivity contribution in [1.82, 2.24) is 4.90 Å². The van der Waals surface area contributed by atoms with Gasteiger partial charge < -0.3 is 10.8 Å². The first-order valence-corrected chi connectivity index (χ1v) is 6.31. The van der Waals surface area contributed by atoms with Gasteiger partial charge in [0.25, 0.3) is 0 Å². The third-order valence-electron chi connectivity index (χ3n) is 2.98. The zero-order chi connectivity index (χ0) is 12.4. The van der Waals surface area contributed by atoms with Gasteiger partial charge in [-0.3, -0.25) is 9.69 Å². The number of carbonyl (C=O) groups is 1. The highest BCUT2D eigenvalue weighted by Gasteiger charge is 2.34. The van der Waals surface area contributed by atoms with Crippen LogP contribution in [0.25, 0.3) is 0 Å². The maximum absolute atomic E-state index is 11.3. The predicted octanol–water partition coefficient (Wildman–Crippen LogP) is 0.870. The third kappa shape index (κ3) is 3.06. The Bertz CT molecular complexity index is 425. The number of benzene rings is 1. The van der Waals surface area contributed by atoms with Crippen molar-refractivity contribution in [3.63, 3.8) is 0 Å². The summed E-state index contributed by atoms with van der Waals surface area (Å²) in [5.74, 6) is -0.364. The van der Waals surface area contributed by atoms with Crippen molar-refractivity contribution in [2.45, 2.75) is 25.1 Å². The average Bonchev–Trinajstić information content (AvgIpc) is 2.59. The number of carbonyl (C=O) groups excluding carboxylic acids is 1. The molecular formula is C12H15BrN2O2. The van der Waals surface area contributed by atoms with Crippen molar-refractivity contribution >= 4 is 21.8 Å².